The molecule has 0 atom stereocenters. The Bertz CT molecular complexity index is 1020. The van der Waals surface area contributed by atoms with Crippen molar-refractivity contribution in [2.45, 2.75) is 31.0 Å². The zero-order chi connectivity index (χ0) is 20.6. The van der Waals surface area contributed by atoms with Gasteiger partial charge in [0.05, 0.1) is 23.1 Å². The Morgan fingerprint density at radius 1 is 1.21 bits per heavy atom. The predicted octanol–water partition coefficient (Wildman–Crippen LogP) is 4.61. The van der Waals surface area contributed by atoms with Crippen LogP contribution in [0.4, 0.5) is 24.8 Å². The van der Waals surface area contributed by atoms with Crippen molar-refractivity contribution in [3.63, 3.8) is 0 Å². The summed E-state index contributed by atoms with van der Waals surface area (Å²) in [6.45, 7) is 0. The highest BCUT2D eigenvalue weighted by molar-refractivity contribution is 7.15. The van der Waals surface area contributed by atoms with E-state index in [1.165, 1.54) is 11.3 Å². The number of aromatic nitrogens is 3. The van der Waals surface area contributed by atoms with E-state index in [-0.39, 0.29) is 18.0 Å². The normalized spacial score (nSPS) is 18.9. The number of hydrogen-bond donors (Lipinski definition) is 2. The highest BCUT2D eigenvalue weighted by Crippen LogP contribution is 2.43. The number of thiazole rings is 1. The first-order valence-electron chi connectivity index (χ1n) is 8.83. The molecule has 3 aromatic rings. The minimum absolute atomic E-state index is 0.149. The van der Waals surface area contributed by atoms with Gasteiger partial charge in [0.15, 0.2) is 0 Å². The highest BCUT2D eigenvalue weighted by Gasteiger charge is 2.33. The zero-order valence-corrected chi connectivity index (χ0v) is 16.1. The number of aliphatic hydroxyl groups is 1. The van der Waals surface area contributed by atoms with Crippen LogP contribution in [0.25, 0.3) is 10.4 Å². The van der Waals surface area contributed by atoms with Crippen molar-refractivity contribution < 1.29 is 23.0 Å². The first-order chi connectivity index (χ1) is 13.8. The monoisotopic (exact) mass is 422 g/mol. The fourth-order valence-corrected chi connectivity index (χ4v) is 4.14. The fraction of sp³-hybridized carbons (Fsp3) is 0.316. The van der Waals surface area contributed by atoms with E-state index in [4.69, 9.17) is 4.74 Å². The van der Waals surface area contributed by atoms with Crippen molar-refractivity contribution in [2.75, 3.05) is 12.4 Å². The molecule has 1 aromatic carbocycles. The van der Waals surface area contributed by atoms with Gasteiger partial charge in [-0.05, 0) is 37.1 Å². The molecule has 0 unspecified atom stereocenters. The molecule has 0 saturated heterocycles. The molecule has 1 aliphatic rings. The Balaban J connectivity index is 1.61. The molecule has 4 rings (SSSR count). The summed E-state index contributed by atoms with van der Waals surface area (Å²) in [5, 5.41) is 13.3. The van der Waals surface area contributed by atoms with Crippen molar-refractivity contribution in [3.05, 3.63) is 47.4 Å². The average molecular weight is 422 g/mol. The minimum Gasteiger partial charge on any atom is -0.496 e. The van der Waals surface area contributed by atoms with E-state index >= 15 is 0 Å². The summed E-state index contributed by atoms with van der Waals surface area (Å²) in [7, 11) is 1.55. The van der Waals surface area contributed by atoms with E-state index in [1.54, 1.807) is 31.5 Å². The van der Waals surface area contributed by atoms with Crippen LogP contribution in [-0.2, 0) is 6.18 Å². The molecular weight excluding hydrogens is 405 g/mol. The topological polar surface area (TPSA) is 80.2 Å². The van der Waals surface area contributed by atoms with E-state index in [9.17, 15) is 18.3 Å². The zero-order valence-electron chi connectivity index (χ0n) is 15.3. The maximum Gasteiger partial charge on any atom is 0.433 e. The van der Waals surface area contributed by atoms with Crippen molar-refractivity contribution in [1.82, 2.24) is 15.0 Å². The molecule has 2 N–H and O–H groups in total. The second-order valence-electron chi connectivity index (χ2n) is 6.69. The fourth-order valence-electron chi connectivity index (χ4n) is 3.07. The molecule has 29 heavy (non-hydrogen) atoms. The Hall–Kier alpha value is -2.72. The van der Waals surface area contributed by atoms with Gasteiger partial charge in [0.1, 0.15) is 11.4 Å². The van der Waals surface area contributed by atoms with Gasteiger partial charge in [-0.3, -0.25) is 0 Å². The highest BCUT2D eigenvalue weighted by atomic mass is 32.1. The summed E-state index contributed by atoms with van der Waals surface area (Å²) >= 11 is 1.51. The Morgan fingerprint density at radius 2 is 2.00 bits per heavy atom. The standard InChI is InChI=1S/C19H17F3N4O2S/c1-28-14-3-2-11(25-18-23-5-4-16(26-18)19(20,21)22)8-13(14)15-9-24-17(29-15)10-6-12(27)7-10/h2-5,8-10,12,27H,6-7H2,1H3,(H,23,25,26). The van der Waals surface area contributed by atoms with Gasteiger partial charge < -0.3 is 15.2 Å². The number of rotatable bonds is 5. The Kier molecular flexibility index (Phi) is 5.13. The number of nitrogens with zero attached hydrogens (tertiary/aromatic N) is 3. The van der Waals surface area contributed by atoms with Crippen LogP contribution in [0.1, 0.15) is 29.5 Å². The number of anilines is 2. The first kappa shape index (κ1) is 19.6. The number of ether oxygens (including phenoxy) is 1. The molecule has 10 heteroatoms. The molecule has 0 aliphatic heterocycles. The Labute approximate surface area is 168 Å². The van der Waals surface area contributed by atoms with Gasteiger partial charge in [0.2, 0.25) is 5.95 Å². The minimum atomic E-state index is -4.54. The van der Waals surface area contributed by atoms with Crippen molar-refractivity contribution in [1.29, 1.82) is 0 Å². The van der Waals surface area contributed by atoms with Gasteiger partial charge in [-0.1, -0.05) is 0 Å². The van der Waals surface area contributed by atoms with Crippen LogP contribution < -0.4 is 10.1 Å². The number of hydrogen-bond acceptors (Lipinski definition) is 7. The number of nitrogens with one attached hydrogen (secondary N) is 1. The molecule has 152 valence electrons. The van der Waals surface area contributed by atoms with E-state index in [1.807, 2.05) is 0 Å². The molecule has 0 bridgehead atoms. The second-order valence-corrected chi connectivity index (χ2v) is 7.75. The molecule has 6 nitrogen and oxygen atoms in total. The third-order valence-electron chi connectivity index (χ3n) is 4.65. The lowest BCUT2D eigenvalue weighted by Gasteiger charge is -2.29. The number of halogens is 3. The maximum atomic E-state index is 12.9. The number of benzene rings is 1. The third-order valence-corrected chi connectivity index (χ3v) is 5.85. The SMILES string of the molecule is COc1ccc(Nc2nccc(C(F)(F)F)n2)cc1-c1cnc(C2CC(O)C2)s1. The lowest BCUT2D eigenvalue weighted by Crippen LogP contribution is -2.26. The molecule has 1 fully saturated rings. The van der Waals surface area contributed by atoms with Crippen molar-refractivity contribution in [3.8, 4) is 16.2 Å². The lowest BCUT2D eigenvalue weighted by atomic mass is 9.83. The molecule has 0 radical (unpaired) electrons. The molecule has 1 saturated carbocycles. The van der Waals surface area contributed by atoms with E-state index in [2.05, 4.69) is 20.3 Å². The summed E-state index contributed by atoms with van der Waals surface area (Å²) in [6.07, 6.45) is -0.588. The molecule has 2 aromatic heterocycles. The largest absolute Gasteiger partial charge is 0.496 e. The van der Waals surface area contributed by atoms with Gasteiger partial charge in [-0.15, -0.1) is 11.3 Å². The van der Waals surface area contributed by atoms with Crippen LogP contribution in [-0.4, -0.2) is 33.3 Å². The number of methoxy groups -OCH3 is 1. The van der Waals surface area contributed by atoms with E-state index < -0.39 is 11.9 Å². The number of aliphatic hydroxyl groups excluding tert-OH is 1. The summed E-state index contributed by atoms with van der Waals surface area (Å²) in [5.41, 5.74) is 0.265. The quantitative estimate of drug-likeness (QED) is 0.625. The second kappa shape index (κ2) is 7.60. The van der Waals surface area contributed by atoms with E-state index in [0.29, 0.717) is 24.3 Å². The predicted molar refractivity (Wildman–Crippen MR) is 102 cm³/mol. The molecule has 0 spiro atoms. The van der Waals surface area contributed by atoms with Gasteiger partial charge >= 0.3 is 6.18 Å². The first-order valence-corrected chi connectivity index (χ1v) is 9.64. The summed E-state index contributed by atoms with van der Waals surface area (Å²) in [6, 6.07) is 5.98. The van der Waals surface area contributed by atoms with Crippen molar-refractivity contribution >= 4 is 23.0 Å². The third kappa shape index (κ3) is 4.18. The van der Waals surface area contributed by atoms with Crippen LogP contribution >= 0.6 is 11.3 Å². The van der Waals surface area contributed by atoms with Gasteiger partial charge in [0.25, 0.3) is 0 Å². The van der Waals surface area contributed by atoms with Crippen LogP contribution in [0.3, 0.4) is 0 Å². The molecule has 1 aliphatic carbocycles. The van der Waals surface area contributed by atoms with Gasteiger partial charge in [-0.25, -0.2) is 15.0 Å². The molecular formula is C19H17F3N4O2S. The smallest absolute Gasteiger partial charge is 0.433 e. The lowest BCUT2D eigenvalue weighted by molar-refractivity contribution is -0.141. The van der Waals surface area contributed by atoms with Crippen molar-refractivity contribution in [2.24, 2.45) is 0 Å². The summed E-state index contributed by atoms with van der Waals surface area (Å²) in [5.74, 6) is 0.725. The van der Waals surface area contributed by atoms with Crippen LogP contribution in [0.5, 0.6) is 5.75 Å². The van der Waals surface area contributed by atoms with Gasteiger partial charge in [-0.2, -0.15) is 13.2 Å². The molecule has 0 amide bonds. The maximum absolute atomic E-state index is 12.9. The van der Waals surface area contributed by atoms with Gasteiger partial charge in [0, 0.05) is 29.6 Å². The number of alkyl halides is 3. The molecule has 2 heterocycles. The summed E-state index contributed by atoms with van der Waals surface area (Å²) in [4.78, 5) is 12.7. The Morgan fingerprint density at radius 3 is 2.69 bits per heavy atom. The van der Waals surface area contributed by atoms with Crippen LogP contribution in [0, 0.1) is 0 Å². The van der Waals surface area contributed by atoms with Crippen LogP contribution in [0.15, 0.2) is 36.7 Å². The van der Waals surface area contributed by atoms with E-state index in [0.717, 1.165) is 27.7 Å². The summed E-state index contributed by atoms with van der Waals surface area (Å²) < 4.78 is 44.0. The van der Waals surface area contributed by atoms with Crippen LogP contribution in [0.2, 0.25) is 0 Å². The average Bonchev–Trinajstić information content (AvgIpc) is 3.14.